The van der Waals surface area contributed by atoms with Gasteiger partial charge < -0.3 is 4.74 Å². The van der Waals surface area contributed by atoms with Gasteiger partial charge in [0, 0.05) is 6.61 Å². The second-order valence-corrected chi connectivity index (χ2v) is 7.42. The quantitative estimate of drug-likeness (QED) is 0.919. The van der Waals surface area contributed by atoms with Crippen molar-refractivity contribution >= 4 is 33.0 Å². The van der Waals surface area contributed by atoms with Crippen LogP contribution in [0.5, 0.6) is 0 Å². The van der Waals surface area contributed by atoms with Crippen molar-refractivity contribution in [3.05, 3.63) is 10.2 Å². The Morgan fingerprint density at radius 2 is 2.29 bits per heavy atom. The van der Waals surface area contributed by atoms with Gasteiger partial charge in [0.15, 0.2) is 8.68 Å². The molecule has 0 amide bonds. The monoisotopic (exact) mass is 296 g/mol. The van der Waals surface area contributed by atoms with Gasteiger partial charge in [0.2, 0.25) is 0 Å². The number of nitrogens with one attached hydrogen (secondary N) is 1. The van der Waals surface area contributed by atoms with Gasteiger partial charge in [0.1, 0.15) is 0 Å². The average molecular weight is 297 g/mol. The lowest BCUT2D eigenvalue weighted by Gasteiger charge is -2.15. The average Bonchev–Trinajstić information content (AvgIpc) is 2.74. The van der Waals surface area contributed by atoms with Gasteiger partial charge in [0.25, 0.3) is 10.0 Å². The maximum absolute atomic E-state index is 12.1. The van der Waals surface area contributed by atoms with Gasteiger partial charge in [-0.3, -0.25) is 0 Å². The number of aromatic nitrogens is 1. The van der Waals surface area contributed by atoms with Crippen LogP contribution in [0.25, 0.3) is 0 Å². The number of aryl methyl sites for hydroxylation is 1. The van der Waals surface area contributed by atoms with Gasteiger partial charge in [-0.05, 0) is 20.3 Å². The molecule has 17 heavy (non-hydrogen) atoms. The van der Waals surface area contributed by atoms with Crippen LogP contribution in [0.2, 0.25) is 4.47 Å². The van der Waals surface area contributed by atoms with Crippen LogP contribution in [0.4, 0.5) is 0 Å². The summed E-state index contributed by atoms with van der Waals surface area (Å²) in [7, 11) is -3.54. The Hall–Kier alpha value is -0.210. The van der Waals surface area contributed by atoms with E-state index in [-0.39, 0.29) is 20.8 Å². The van der Waals surface area contributed by atoms with Crippen molar-refractivity contribution < 1.29 is 13.2 Å². The normalized spacial score (nSPS) is 25.4. The lowest BCUT2D eigenvalue weighted by Crippen LogP contribution is -2.39. The van der Waals surface area contributed by atoms with Crippen LogP contribution in [0.3, 0.4) is 0 Å². The van der Waals surface area contributed by atoms with Gasteiger partial charge in [-0.15, -0.1) is 0 Å². The van der Waals surface area contributed by atoms with Crippen molar-refractivity contribution in [1.29, 1.82) is 0 Å². The zero-order valence-corrected chi connectivity index (χ0v) is 11.8. The highest BCUT2D eigenvalue weighted by Gasteiger charge is 2.31. The van der Waals surface area contributed by atoms with Crippen molar-refractivity contribution in [3.63, 3.8) is 0 Å². The molecule has 1 aromatic heterocycles. The summed E-state index contributed by atoms with van der Waals surface area (Å²) in [5.41, 5.74) is 0.430. The SMILES string of the molecule is Cc1nc(Cl)sc1S(=O)(=O)NC1CCOC1C. The minimum atomic E-state index is -3.54. The Kier molecular flexibility index (Phi) is 3.74. The zero-order valence-electron chi connectivity index (χ0n) is 9.44. The standard InChI is InChI=1S/C9H13ClN2O3S2/c1-5-8(16-9(10)11-5)17(13,14)12-7-3-4-15-6(7)2/h6-7,12H,3-4H2,1-2H3. The molecule has 8 heteroatoms. The number of thiazole rings is 1. The van der Waals surface area contributed by atoms with Gasteiger partial charge in [0.05, 0.1) is 17.8 Å². The van der Waals surface area contributed by atoms with Gasteiger partial charge >= 0.3 is 0 Å². The van der Waals surface area contributed by atoms with E-state index in [9.17, 15) is 8.42 Å². The maximum Gasteiger partial charge on any atom is 0.252 e. The summed E-state index contributed by atoms with van der Waals surface area (Å²) < 4.78 is 32.6. The molecule has 0 bridgehead atoms. The molecule has 2 heterocycles. The molecule has 1 saturated heterocycles. The molecule has 1 aliphatic heterocycles. The molecule has 2 unspecified atom stereocenters. The summed E-state index contributed by atoms with van der Waals surface area (Å²) in [4.78, 5) is 3.90. The summed E-state index contributed by atoms with van der Waals surface area (Å²) in [6, 6.07) is -0.180. The van der Waals surface area contributed by atoms with Crippen molar-refractivity contribution in [3.8, 4) is 0 Å². The Morgan fingerprint density at radius 1 is 1.59 bits per heavy atom. The van der Waals surface area contributed by atoms with Crippen LogP contribution >= 0.6 is 22.9 Å². The Labute approximate surface area is 109 Å². The largest absolute Gasteiger partial charge is 0.377 e. The number of rotatable bonds is 3. The third kappa shape index (κ3) is 2.79. The van der Waals surface area contributed by atoms with Gasteiger partial charge in [-0.2, -0.15) is 0 Å². The molecular formula is C9H13ClN2O3S2. The van der Waals surface area contributed by atoms with E-state index in [0.717, 1.165) is 11.3 Å². The Morgan fingerprint density at radius 3 is 2.76 bits per heavy atom. The molecule has 1 N–H and O–H groups in total. The summed E-state index contributed by atoms with van der Waals surface area (Å²) in [5.74, 6) is 0. The van der Waals surface area contributed by atoms with E-state index < -0.39 is 10.0 Å². The lowest BCUT2D eigenvalue weighted by atomic mass is 10.2. The van der Waals surface area contributed by atoms with Crippen molar-refractivity contribution in [1.82, 2.24) is 9.71 Å². The molecule has 1 aliphatic rings. The molecule has 0 aromatic carbocycles. The first kappa shape index (κ1) is 13.2. The second-order valence-electron chi connectivity index (χ2n) is 3.93. The van der Waals surface area contributed by atoms with Crippen LogP contribution in [0.1, 0.15) is 19.0 Å². The van der Waals surface area contributed by atoms with Crippen molar-refractivity contribution in [2.45, 2.75) is 36.6 Å². The van der Waals surface area contributed by atoms with Gasteiger partial charge in [-0.25, -0.2) is 18.1 Å². The van der Waals surface area contributed by atoms with Gasteiger partial charge in [-0.1, -0.05) is 22.9 Å². The fraction of sp³-hybridized carbons (Fsp3) is 0.667. The summed E-state index contributed by atoms with van der Waals surface area (Å²) in [5, 5.41) is 0. The van der Waals surface area contributed by atoms with Crippen LogP contribution in [-0.4, -0.2) is 32.2 Å². The highest BCUT2D eigenvalue weighted by Crippen LogP contribution is 2.27. The smallest absolute Gasteiger partial charge is 0.252 e. The lowest BCUT2D eigenvalue weighted by molar-refractivity contribution is 0.117. The molecule has 0 spiro atoms. The minimum absolute atomic E-state index is 0.103. The van der Waals surface area contributed by atoms with Crippen LogP contribution in [0.15, 0.2) is 4.21 Å². The molecule has 0 radical (unpaired) electrons. The molecule has 0 saturated carbocycles. The third-order valence-electron chi connectivity index (χ3n) is 2.65. The first-order chi connectivity index (χ1) is 7.90. The first-order valence-corrected chi connectivity index (χ1v) is 7.85. The highest BCUT2D eigenvalue weighted by atomic mass is 35.5. The third-order valence-corrected chi connectivity index (χ3v) is 6.02. The van der Waals surface area contributed by atoms with Crippen LogP contribution in [-0.2, 0) is 14.8 Å². The van der Waals surface area contributed by atoms with E-state index in [0.29, 0.717) is 18.7 Å². The fourth-order valence-electron chi connectivity index (χ4n) is 1.74. The Bertz CT molecular complexity index is 514. The molecular weight excluding hydrogens is 284 g/mol. The topological polar surface area (TPSA) is 68.3 Å². The van der Waals surface area contributed by atoms with Crippen molar-refractivity contribution in [2.24, 2.45) is 0 Å². The number of nitrogens with zero attached hydrogens (tertiary/aromatic N) is 1. The second kappa shape index (κ2) is 4.81. The van der Waals surface area contributed by atoms with Crippen molar-refractivity contribution in [2.75, 3.05) is 6.61 Å². The molecule has 1 aromatic rings. The number of sulfonamides is 1. The number of halogens is 1. The fourth-order valence-corrected chi connectivity index (χ4v) is 4.83. The number of hydrogen-bond donors (Lipinski definition) is 1. The summed E-state index contributed by atoms with van der Waals surface area (Å²) in [6.07, 6.45) is 0.583. The van der Waals surface area contributed by atoms with E-state index in [4.69, 9.17) is 16.3 Å². The number of hydrogen-bond acceptors (Lipinski definition) is 5. The Balaban J connectivity index is 2.22. The van der Waals surface area contributed by atoms with E-state index in [1.54, 1.807) is 6.92 Å². The molecule has 0 aliphatic carbocycles. The van der Waals surface area contributed by atoms with Crippen LogP contribution < -0.4 is 4.72 Å². The predicted octanol–water partition coefficient (Wildman–Crippen LogP) is 1.56. The predicted molar refractivity (Wildman–Crippen MR) is 66.0 cm³/mol. The molecule has 5 nitrogen and oxygen atoms in total. The van der Waals surface area contributed by atoms with E-state index in [1.807, 2.05) is 6.92 Å². The first-order valence-electron chi connectivity index (χ1n) is 5.17. The molecule has 96 valence electrons. The summed E-state index contributed by atoms with van der Waals surface area (Å²) in [6.45, 7) is 4.06. The van der Waals surface area contributed by atoms with Crippen LogP contribution in [0, 0.1) is 6.92 Å². The van der Waals surface area contributed by atoms with E-state index >= 15 is 0 Å². The summed E-state index contributed by atoms with van der Waals surface area (Å²) >= 11 is 6.68. The highest BCUT2D eigenvalue weighted by molar-refractivity contribution is 7.91. The molecule has 1 fully saturated rings. The van der Waals surface area contributed by atoms with E-state index in [1.165, 1.54) is 0 Å². The molecule has 2 atom stereocenters. The molecule has 2 rings (SSSR count). The minimum Gasteiger partial charge on any atom is -0.377 e. The maximum atomic E-state index is 12.1. The zero-order chi connectivity index (χ0) is 12.6. The van der Waals surface area contributed by atoms with E-state index in [2.05, 4.69) is 9.71 Å². The number of ether oxygens (including phenoxy) is 1.